The number of aromatic nitrogens is 1. The van der Waals surface area contributed by atoms with Gasteiger partial charge in [-0.2, -0.15) is 5.26 Å². The summed E-state index contributed by atoms with van der Waals surface area (Å²) >= 11 is 1.77. The zero-order valence-electron chi connectivity index (χ0n) is 10.7. The van der Waals surface area contributed by atoms with Crippen LogP contribution in [0.4, 0.5) is 0 Å². The number of aryl methyl sites for hydroxylation is 1. The molecule has 2 heterocycles. The number of thiophene rings is 1. The van der Waals surface area contributed by atoms with Crippen LogP contribution in [-0.2, 0) is 11.8 Å². The first-order valence-electron chi connectivity index (χ1n) is 5.79. The summed E-state index contributed by atoms with van der Waals surface area (Å²) in [5.41, 5.74) is 2.84. The first-order chi connectivity index (χ1) is 7.97. The summed E-state index contributed by atoms with van der Waals surface area (Å²) in [4.78, 5) is 5.71. The van der Waals surface area contributed by atoms with E-state index >= 15 is 0 Å². The minimum absolute atomic E-state index is 0.0257. The number of hydrogen-bond donors (Lipinski definition) is 0. The van der Waals surface area contributed by atoms with Crippen LogP contribution in [0, 0.1) is 11.3 Å². The van der Waals surface area contributed by atoms with Crippen molar-refractivity contribution in [3.63, 3.8) is 0 Å². The zero-order valence-corrected chi connectivity index (χ0v) is 11.5. The molecule has 0 atom stereocenters. The second kappa shape index (κ2) is 4.12. The zero-order chi connectivity index (χ0) is 12.6. The Morgan fingerprint density at radius 3 is 2.65 bits per heavy atom. The van der Waals surface area contributed by atoms with Crippen molar-refractivity contribution in [3.05, 3.63) is 28.3 Å². The average molecular weight is 244 g/mol. The van der Waals surface area contributed by atoms with E-state index in [1.807, 2.05) is 0 Å². The van der Waals surface area contributed by atoms with Crippen LogP contribution in [0.2, 0.25) is 0 Å². The fourth-order valence-corrected chi connectivity index (χ4v) is 3.34. The topological polar surface area (TPSA) is 36.7 Å². The van der Waals surface area contributed by atoms with E-state index in [0.29, 0.717) is 5.56 Å². The Morgan fingerprint density at radius 2 is 2.12 bits per heavy atom. The maximum atomic E-state index is 9.22. The Balaban J connectivity index is 2.84. The molecule has 2 aromatic heterocycles. The van der Waals surface area contributed by atoms with Crippen LogP contribution in [-0.4, -0.2) is 4.98 Å². The summed E-state index contributed by atoms with van der Waals surface area (Å²) in [6.45, 7) is 8.59. The second-order valence-corrected chi connectivity index (χ2v) is 6.33. The molecule has 0 aliphatic heterocycles. The van der Waals surface area contributed by atoms with Crippen molar-refractivity contribution in [2.24, 2.45) is 0 Å². The lowest BCUT2D eigenvalue weighted by Crippen LogP contribution is -2.13. The lowest BCUT2D eigenvalue weighted by molar-refractivity contribution is 0.594. The van der Waals surface area contributed by atoms with E-state index < -0.39 is 0 Å². The molecule has 0 saturated carbocycles. The molecule has 0 aliphatic rings. The van der Waals surface area contributed by atoms with Gasteiger partial charge in [0.2, 0.25) is 0 Å². The van der Waals surface area contributed by atoms with Crippen LogP contribution >= 0.6 is 11.3 Å². The van der Waals surface area contributed by atoms with Gasteiger partial charge in [-0.1, -0.05) is 27.7 Å². The van der Waals surface area contributed by atoms with Gasteiger partial charge in [0.05, 0.1) is 15.8 Å². The van der Waals surface area contributed by atoms with Gasteiger partial charge in [-0.05, 0) is 23.5 Å². The third kappa shape index (κ3) is 2.05. The Bertz CT molecular complexity index is 597. The lowest BCUT2D eigenvalue weighted by Gasteiger charge is -2.20. The van der Waals surface area contributed by atoms with E-state index in [1.165, 1.54) is 9.58 Å². The highest BCUT2D eigenvalue weighted by atomic mass is 32.1. The fraction of sp³-hybridized carbons (Fsp3) is 0.429. The van der Waals surface area contributed by atoms with Crippen molar-refractivity contribution in [2.75, 3.05) is 0 Å². The molecule has 0 aromatic carbocycles. The van der Waals surface area contributed by atoms with Gasteiger partial charge < -0.3 is 0 Å². The van der Waals surface area contributed by atoms with Gasteiger partial charge in [-0.25, -0.2) is 0 Å². The molecule has 2 rings (SSSR count). The SMILES string of the molecule is CCc1cc2ncc(C#N)c(C(C)(C)C)c2s1. The van der Waals surface area contributed by atoms with Crippen LogP contribution in [0.25, 0.3) is 10.2 Å². The van der Waals surface area contributed by atoms with Gasteiger partial charge >= 0.3 is 0 Å². The predicted molar refractivity (Wildman–Crippen MR) is 72.4 cm³/mol. The number of hydrogen-bond acceptors (Lipinski definition) is 3. The maximum absolute atomic E-state index is 9.22. The largest absolute Gasteiger partial charge is 0.254 e. The van der Waals surface area contributed by atoms with E-state index in [4.69, 9.17) is 0 Å². The minimum atomic E-state index is -0.0257. The number of nitriles is 1. The highest BCUT2D eigenvalue weighted by molar-refractivity contribution is 7.19. The van der Waals surface area contributed by atoms with E-state index in [0.717, 1.165) is 17.5 Å². The molecular weight excluding hydrogens is 228 g/mol. The van der Waals surface area contributed by atoms with E-state index in [9.17, 15) is 5.26 Å². The van der Waals surface area contributed by atoms with Crippen LogP contribution < -0.4 is 0 Å². The quantitative estimate of drug-likeness (QED) is 0.759. The number of rotatable bonds is 1. The van der Waals surface area contributed by atoms with Gasteiger partial charge in [0, 0.05) is 11.1 Å². The smallest absolute Gasteiger partial charge is 0.101 e. The van der Waals surface area contributed by atoms with E-state index in [1.54, 1.807) is 17.5 Å². The predicted octanol–water partition coefficient (Wildman–Crippen LogP) is 4.03. The van der Waals surface area contributed by atoms with Crippen LogP contribution in [0.3, 0.4) is 0 Å². The third-order valence-electron chi connectivity index (χ3n) is 2.81. The molecule has 0 radical (unpaired) electrons. The van der Waals surface area contributed by atoms with Crippen molar-refractivity contribution < 1.29 is 0 Å². The minimum Gasteiger partial charge on any atom is -0.254 e. The first kappa shape index (κ1) is 12.1. The summed E-state index contributed by atoms with van der Waals surface area (Å²) in [5, 5.41) is 9.22. The Hall–Kier alpha value is -1.40. The normalized spacial score (nSPS) is 11.7. The van der Waals surface area contributed by atoms with Gasteiger partial charge in [-0.3, -0.25) is 4.98 Å². The molecule has 0 aliphatic carbocycles. The van der Waals surface area contributed by atoms with Crippen LogP contribution in [0.1, 0.15) is 43.7 Å². The standard InChI is InChI=1S/C14H16N2S/c1-5-10-6-11-13(17-10)12(14(2,3)4)9(7-15)8-16-11/h6,8H,5H2,1-4H3. The van der Waals surface area contributed by atoms with E-state index in [2.05, 4.69) is 44.8 Å². The van der Waals surface area contributed by atoms with Crippen molar-refractivity contribution >= 4 is 21.6 Å². The number of pyridine rings is 1. The Morgan fingerprint density at radius 1 is 1.41 bits per heavy atom. The van der Waals surface area contributed by atoms with Crippen molar-refractivity contribution in [3.8, 4) is 6.07 Å². The molecule has 17 heavy (non-hydrogen) atoms. The summed E-state index contributed by atoms with van der Waals surface area (Å²) in [6, 6.07) is 4.40. The monoisotopic (exact) mass is 244 g/mol. The second-order valence-electron chi connectivity index (χ2n) is 5.19. The van der Waals surface area contributed by atoms with Crippen molar-refractivity contribution in [1.82, 2.24) is 4.98 Å². The Labute approximate surface area is 106 Å². The average Bonchev–Trinajstić information content (AvgIpc) is 2.68. The molecule has 0 unspecified atom stereocenters. The van der Waals surface area contributed by atoms with Gasteiger partial charge in [0.15, 0.2) is 0 Å². The molecule has 3 heteroatoms. The van der Waals surface area contributed by atoms with Crippen molar-refractivity contribution in [1.29, 1.82) is 5.26 Å². The molecule has 2 nitrogen and oxygen atoms in total. The third-order valence-corrected chi connectivity index (χ3v) is 4.10. The van der Waals surface area contributed by atoms with Crippen molar-refractivity contribution in [2.45, 2.75) is 39.5 Å². The fourth-order valence-electron chi connectivity index (χ4n) is 2.03. The Kier molecular flexibility index (Phi) is 2.92. The van der Waals surface area contributed by atoms with Crippen LogP contribution in [0.15, 0.2) is 12.3 Å². The molecule has 0 spiro atoms. The lowest BCUT2D eigenvalue weighted by atomic mass is 9.84. The highest BCUT2D eigenvalue weighted by Gasteiger charge is 2.23. The molecule has 0 fully saturated rings. The number of nitrogens with zero attached hydrogens (tertiary/aromatic N) is 2. The molecular formula is C14H16N2S. The highest BCUT2D eigenvalue weighted by Crippen LogP contribution is 2.36. The van der Waals surface area contributed by atoms with Gasteiger partial charge in [-0.15, -0.1) is 11.3 Å². The first-order valence-corrected chi connectivity index (χ1v) is 6.61. The van der Waals surface area contributed by atoms with Crippen LogP contribution in [0.5, 0.6) is 0 Å². The molecule has 0 amide bonds. The van der Waals surface area contributed by atoms with Gasteiger partial charge in [0.25, 0.3) is 0 Å². The molecule has 88 valence electrons. The van der Waals surface area contributed by atoms with E-state index in [-0.39, 0.29) is 5.41 Å². The summed E-state index contributed by atoms with van der Waals surface area (Å²) < 4.78 is 1.17. The summed E-state index contributed by atoms with van der Waals surface area (Å²) in [5.74, 6) is 0. The number of fused-ring (bicyclic) bond motifs is 1. The summed E-state index contributed by atoms with van der Waals surface area (Å²) in [7, 11) is 0. The molecule has 0 bridgehead atoms. The maximum Gasteiger partial charge on any atom is 0.101 e. The molecule has 0 saturated heterocycles. The van der Waals surface area contributed by atoms with Gasteiger partial charge in [0.1, 0.15) is 6.07 Å². The molecule has 0 N–H and O–H groups in total. The summed E-state index contributed by atoms with van der Waals surface area (Å²) in [6.07, 6.45) is 2.72. The molecule has 2 aromatic rings.